The lowest BCUT2D eigenvalue weighted by molar-refractivity contribution is -0.143. The van der Waals surface area contributed by atoms with E-state index in [0.717, 1.165) is 0 Å². The van der Waals surface area contributed by atoms with Gasteiger partial charge in [-0.25, -0.2) is 4.79 Å². The van der Waals surface area contributed by atoms with Gasteiger partial charge in [0.15, 0.2) is 0 Å². The van der Waals surface area contributed by atoms with Crippen molar-refractivity contribution in [2.75, 3.05) is 0 Å². The Hall–Kier alpha value is -4.20. The second-order valence-electron chi connectivity index (χ2n) is 9.49. The van der Waals surface area contributed by atoms with E-state index in [9.17, 15) is 39.0 Å². The van der Waals surface area contributed by atoms with E-state index >= 15 is 0 Å². The van der Waals surface area contributed by atoms with Gasteiger partial charge in [-0.15, -0.1) is 0 Å². The summed E-state index contributed by atoms with van der Waals surface area (Å²) in [6, 6.07) is 0.245. The fourth-order valence-corrected chi connectivity index (χ4v) is 3.58. The van der Waals surface area contributed by atoms with Gasteiger partial charge in [0.05, 0.1) is 6.04 Å². The molecule has 3 amide bonds. The third-order valence-electron chi connectivity index (χ3n) is 5.61. The zero-order valence-electron chi connectivity index (χ0n) is 21.8. The van der Waals surface area contributed by atoms with Crippen LogP contribution in [0, 0.1) is 5.92 Å². The van der Waals surface area contributed by atoms with Crippen molar-refractivity contribution in [3.8, 4) is 5.75 Å². The van der Waals surface area contributed by atoms with Crippen molar-refractivity contribution in [1.82, 2.24) is 16.0 Å². The molecule has 0 spiro atoms. The summed E-state index contributed by atoms with van der Waals surface area (Å²) in [5, 5.41) is 44.1. The van der Waals surface area contributed by atoms with E-state index in [2.05, 4.69) is 16.0 Å². The summed E-state index contributed by atoms with van der Waals surface area (Å²) >= 11 is 0. The molecule has 4 unspecified atom stereocenters. The Kier molecular flexibility index (Phi) is 13.4. The quantitative estimate of drug-likeness (QED) is 0.123. The number of hydrogen-bond donors (Lipinski definition) is 8. The van der Waals surface area contributed by atoms with Gasteiger partial charge in [0.2, 0.25) is 17.7 Å². The Labute approximate surface area is 225 Å². The first kappa shape index (κ1) is 32.8. The molecule has 216 valence electrons. The van der Waals surface area contributed by atoms with Crippen LogP contribution in [0.5, 0.6) is 5.75 Å². The second kappa shape index (κ2) is 15.9. The normalized spacial score (nSPS) is 13.9. The van der Waals surface area contributed by atoms with Crippen LogP contribution in [0.15, 0.2) is 24.3 Å². The van der Waals surface area contributed by atoms with Gasteiger partial charge in [0.25, 0.3) is 0 Å². The van der Waals surface area contributed by atoms with E-state index in [-0.39, 0.29) is 24.5 Å². The van der Waals surface area contributed by atoms with Crippen LogP contribution in [0.25, 0.3) is 0 Å². The van der Waals surface area contributed by atoms with Gasteiger partial charge >= 0.3 is 17.9 Å². The minimum absolute atomic E-state index is 0.0409. The van der Waals surface area contributed by atoms with Crippen molar-refractivity contribution in [3.63, 3.8) is 0 Å². The maximum Gasteiger partial charge on any atom is 0.326 e. The van der Waals surface area contributed by atoms with Crippen molar-refractivity contribution in [2.45, 2.75) is 76.5 Å². The summed E-state index contributed by atoms with van der Waals surface area (Å²) in [5.74, 6) is -6.56. The molecule has 0 saturated heterocycles. The Morgan fingerprint density at radius 3 is 1.59 bits per heavy atom. The minimum atomic E-state index is -1.51. The highest BCUT2D eigenvalue weighted by atomic mass is 16.4. The van der Waals surface area contributed by atoms with Gasteiger partial charge < -0.3 is 42.1 Å². The summed E-state index contributed by atoms with van der Waals surface area (Å²) in [5.41, 5.74) is 6.32. The number of phenolic OH excluding ortho intramolecular Hbond substituents is 1. The predicted molar refractivity (Wildman–Crippen MR) is 136 cm³/mol. The number of phenols is 1. The average molecular weight is 553 g/mol. The number of nitrogens with one attached hydrogen (secondary N) is 3. The fourth-order valence-electron chi connectivity index (χ4n) is 3.58. The Balaban J connectivity index is 3.08. The standard InChI is InChI=1S/C25H36N4O10/c1-13(2)11-16(26)22(35)27-17(7-9-20(31)32)23(36)28-18(8-10-21(33)34)24(37)29-19(25(38)39)12-14-3-5-15(30)6-4-14/h3-6,13,16-19,30H,7-12,26H2,1-2H3,(H,27,35)(H,28,36)(H,29,37)(H,31,32)(H,33,34)(H,38,39). The maximum absolute atomic E-state index is 13.0. The van der Waals surface area contributed by atoms with Crippen molar-refractivity contribution < 1.29 is 49.2 Å². The predicted octanol–water partition coefficient (Wildman–Crippen LogP) is -0.423. The lowest BCUT2D eigenvalue weighted by Crippen LogP contribution is -2.57. The first-order valence-corrected chi connectivity index (χ1v) is 12.3. The van der Waals surface area contributed by atoms with Gasteiger partial charge in [-0.1, -0.05) is 26.0 Å². The highest BCUT2D eigenvalue weighted by Crippen LogP contribution is 2.12. The highest BCUT2D eigenvalue weighted by molar-refractivity contribution is 5.94. The zero-order chi connectivity index (χ0) is 29.7. The molecule has 4 atom stereocenters. The molecule has 1 aromatic carbocycles. The number of aromatic hydroxyl groups is 1. The SMILES string of the molecule is CC(C)CC(N)C(=O)NC(CCC(=O)O)C(=O)NC(CCC(=O)O)C(=O)NC(Cc1ccc(O)cc1)C(=O)O. The molecule has 0 saturated carbocycles. The monoisotopic (exact) mass is 552 g/mol. The second-order valence-corrected chi connectivity index (χ2v) is 9.49. The number of hydrogen-bond acceptors (Lipinski definition) is 8. The van der Waals surface area contributed by atoms with Crippen LogP contribution < -0.4 is 21.7 Å². The van der Waals surface area contributed by atoms with E-state index < -0.39 is 79.1 Å². The minimum Gasteiger partial charge on any atom is -0.508 e. The molecule has 0 heterocycles. The molecule has 0 aliphatic heterocycles. The number of benzene rings is 1. The van der Waals surface area contributed by atoms with Crippen LogP contribution in [0.1, 0.15) is 51.5 Å². The van der Waals surface area contributed by atoms with E-state index in [1.807, 2.05) is 13.8 Å². The van der Waals surface area contributed by atoms with Crippen LogP contribution in [0.2, 0.25) is 0 Å². The third kappa shape index (κ3) is 12.7. The van der Waals surface area contributed by atoms with Gasteiger partial charge in [-0.05, 0) is 42.9 Å². The molecule has 1 rings (SSSR count). The van der Waals surface area contributed by atoms with E-state index in [4.69, 9.17) is 15.9 Å². The number of carboxylic acids is 3. The number of aliphatic carboxylic acids is 3. The topological polar surface area (TPSA) is 245 Å². The molecule has 0 fully saturated rings. The lowest BCUT2D eigenvalue weighted by atomic mass is 10.0. The fraction of sp³-hybridized carbons (Fsp3) is 0.520. The average Bonchev–Trinajstić information content (AvgIpc) is 2.83. The highest BCUT2D eigenvalue weighted by Gasteiger charge is 2.31. The number of carbonyl (C=O) groups is 6. The molecule has 14 nitrogen and oxygen atoms in total. The molecule has 0 aliphatic rings. The van der Waals surface area contributed by atoms with E-state index in [0.29, 0.717) is 12.0 Å². The van der Waals surface area contributed by atoms with Gasteiger partial charge in [0, 0.05) is 19.3 Å². The van der Waals surface area contributed by atoms with Gasteiger partial charge in [0.1, 0.15) is 23.9 Å². The molecule has 14 heteroatoms. The molecule has 0 radical (unpaired) electrons. The summed E-state index contributed by atoms with van der Waals surface area (Å²) in [7, 11) is 0. The summed E-state index contributed by atoms with van der Waals surface area (Å²) < 4.78 is 0. The van der Waals surface area contributed by atoms with Crippen molar-refractivity contribution in [2.24, 2.45) is 11.7 Å². The number of carboxylic acid groups (broad SMARTS) is 3. The summed E-state index contributed by atoms with van der Waals surface area (Å²) in [6.07, 6.45) is -1.69. The maximum atomic E-state index is 13.0. The number of rotatable bonds is 17. The van der Waals surface area contributed by atoms with Crippen LogP contribution >= 0.6 is 0 Å². The number of nitrogens with two attached hydrogens (primary N) is 1. The summed E-state index contributed by atoms with van der Waals surface area (Å²) in [4.78, 5) is 72.5. The van der Waals surface area contributed by atoms with Crippen molar-refractivity contribution in [1.29, 1.82) is 0 Å². The van der Waals surface area contributed by atoms with Crippen molar-refractivity contribution >= 4 is 35.6 Å². The summed E-state index contributed by atoms with van der Waals surface area (Å²) in [6.45, 7) is 3.67. The number of amides is 3. The Bertz CT molecular complexity index is 1030. The first-order valence-electron chi connectivity index (χ1n) is 12.3. The lowest BCUT2D eigenvalue weighted by Gasteiger charge is -2.25. The first-order chi connectivity index (χ1) is 18.2. The third-order valence-corrected chi connectivity index (χ3v) is 5.61. The van der Waals surface area contributed by atoms with Crippen LogP contribution in [0.4, 0.5) is 0 Å². The smallest absolute Gasteiger partial charge is 0.326 e. The Morgan fingerprint density at radius 1 is 0.744 bits per heavy atom. The van der Waals surface area contributed by atoms with Gasteiger partial charge in [-0.2, -0.15) is 0 Å². The van der Waals surface area contributed by atoms with Crippen LogP contribution in [-0.2, 0) is 35.2 Å². The van der Waals surface area contributed by atoms with E-state index in [1.165, 1.54) is 24.3 Å². The molecule has 0 bridgehead atoms. The molecule has 1 aromatic rings. The van der Waals surface area contributed by atoms with Gasteiger partial charge in [-0.3, -0.25) is 24.0 Å². The zero-order valence-corrected chi connectivity index (χ0v) is 21.8. The molecular formula is C25H36N4O10. The van der Waals surface area contributed by atoms with E-state index in [1.54, 1.807) is 0 Å². The molecule has 9 N–H and O–H groups in total. The van der Waals surface area contributed by atoms with Crippen LogP contribution in [-0.4, -0.2) is 80.2 Å². The van der Waals surface area contributed by atoms with Crippen LogP contribution in [0.3, 0.4) is 0 Å². The Morgan fingerprint density at radius 2 is 1.18 bits per heavy atom. The van der Waals surface area contributed by atoms with Crippen molar-refractivity contribution in [3.05, 3.63) is 29.8 Å². The number of carbonyl (C=O) groups excluding carboxylic acids is 3. The largest absolute Gasteiger partial charge is 0.508 e. The molecule has 0 aromatic heterocycles. The molecule has 0 aliphatic carbocycles. The molecular weight excluding hydrogens is 516 g/mol. The molecule has 39 heavy (non-hydrogen) atoms.